The van der Waals surface area contributed by atoms with Gasteiger partial charge in [0.1, 0.15) is 0 Å². The van der Waals surface area contributed by atoms with E-state index < -0.39 is 0 Å². The van der Waals surface area contributed by atoms with Crippen LogP contribution < -0.4 is 5.30 Å². The third-order valence-electron chi connectivity index (χ3n) is 3.22. The Balaban J connectivity index is 2.88. The van der Waals surface area contributed by atoms with Crippen molar-refractivity contribution < 1.29 is 0 Å². The lowest BCUT2D eigenvalue weighted by molar-refractivity contribution is 0.438. The third-order valence-corrected chi connectivity index (χ3v) is 3.76. The van der Waals surface area contributed by atoms with Crippen LogP contribution in [0.5, 0.6) is 0 Å². The number of benzene rings is 1. The van der Waals surface area contributed by atoms with E-state index in [0.29, 0.717) is 0 Å². The molecular weight excluding hydrogens is 225 g/mol. The van der Waals surface area contributed by atoms with Gasteiger partial charge >= 0.3 is 0 Å². The van der Waals surface area contributed by atoms with Crippen molar-refractivity contribution in [3.63, 3.8) is 0 Å². The summed E-state index contributed by atoms with van der Waals surface area (Å²) in [5, 5.41) is 10.3. The summed E-state index contributed by atoms with van der Waals surface area (Å²) in [6.45, 7) is 4.47. The SMILES string of the molecule is CCCC(CCC)Cc1c(P)cccc1C#N. The van der Waals surface area contributed by atoms with E-state index in [4.69, 9.17) is 5.26 Å². The predicted octanol–water partition coefficient (Wildman–Crippen LogP) is 3.82. The highest BCUT2D eigenvalue weighted by Gasteiger charge is 2.12. The predicted molar refractivity (Wildman–Crippen MR) is 77.5 cm³/mol. The standard InChI is InChI=1S/C15H22NP/c1-3-6-12(7-4-2)10-14-13(11-16)8-5-9-15(14)17/h5,8-9,12H,3-4,6-7,10,17H2,1-2H3. The van der Waals surface area contributed by atoms with Gasteiger partial charge in [0.05, 0.1) is 11.6 Å². The minimum Gasteiger partial charge on any atom is -0.192 e. The molecule has 92 valence electrons. The highest BCUT2D eigenvalue weighted by atomic mass is 31.0. The molecule has 1 nitrogen and oxygen atoms in total. The van der Waals surface area contributed by atoms with Crippen molar-refractivity contribution in [2.24, 2.45) is 5.92 Å². The molecule has 0 saturated heterocycles. The molecule has 1 aromatic carbocycles. The minimum atomic E-state index is 0.721. The van der Waals surface area contributed by atoms with E-state index in [1.807, 2.05) is 12.1 Å². The van der Waals surface area contributed by atoms with Gasteiger partial charge in [-0.1, -0.05) is 51.7 Å². The maximum atomic E-state index is 9.16. The van der Waals surface area contributed by atoms with Gasteiger partial charge in [-0.25, -0.2) is 0 Å². The molecule has 0 spiro atoms. The summed E-state index contributed by atoms with van der Waals surface area (Å²) in [5.74, 6) is 0.721. The van der Waals surface area contributed by atoms with Crippen LogP contribution in [-0.4, -0.2) is 0 Å². The molecule has 1 atom stereocenters. The summed E-state index contributed by atoms with van der Waals surface area (Å²) in [6.07, 6.45) is 6.02. The van der Waals surface area contributed by atoms with Gasteiger partial charge < -0.3 is 0 Å². The van der Waals surface area contributed by atoms with Gasteiger partial charge in [0.25, 0.3) is 0 Å². The zero-order valence-electron chi connectivity index (χ0n) is 10.9. The van der Waals surface area contributed by atoms with Gasteiger partial charge in [-0.3, -0.25) is 0 Å². The molecule has 0 N–H and O–H groups in total. The molecule has 2 heteroatoms. The van der Waals surface area contributed by atoms with Crippen LogP contribution in [0.4, 0.5) is 0 Å². The minimum absolute atomic E-state index is 0.721. The molecule has 1 unspecified atom stereocenters. The van der Waals surface area contributed by atoms with E-state index in [0.717, 1.165) is 17.9 Å². The van der Waals surface area contributed by atoms with E-state index in [-0.39, 0.29) is 0 Å². The lowest BCUT2D eigenvalue weighted by Gasteiger charge is -2.17. The van der Waals surface area contributed by atoms with Gasteiger partial charge in [-0.05, 0) is 29.3 Å². The van der Waals surface area contributed by atoms with Crippen molar-refractivity contribution in [2.75, 3.05) is 0 Å². The van der Waals surface area contributed by atoms with Crippen molar-refractivity contribution in [2.45, 2.75) is 46.0 Å². The molecule has 1 rings (SSSR count). The van der Waals surface area contributed by atoms with Crippen LogP contribution in [0.25, 0.3) is 0 Å². The van der Waals surface area contributed by atoms with Crippen LogP contribution in [0.15, 0.2) is 18.2 Å². The molecule has 0 amide bonds. The molecule has 0 aliphatic carbocycles. The smallest absolute Gasteiger partial charge is 0.0994 e. The number of hydrogen-bond donors (Lipinski definition) is 0. The molecule has 0 saturated carbocycles. The number of nitrogens with zero attached hydrogens (tertiary/aromatic N) is 1. The van der Waals surface area contributed by atoms with Crippen molar-refractivity contribution in [3.05, 3.63) is 29.3 Å². The molecule has 0 fully saturated rings. The first-order valence-electron chi connectivity index (χ1n) is 6.50. The zero-order chi connectivity index (χ0) is 12.7. The fourth-order valence-electron chi connectivity index (χ4n) is 2.39. The molecule has 1 aromatic rings. The molecule has 0 bridgehead atoms. The van der Waals surface area contributed by atoms with E-state index >= 15 is 0 Å². The summed E-state index contributed by atoms with van der Waals surface area (Å²) in [4.78, 5) is 0. The van der Waals surface area contributed by atoms with Crippen molar-refractivity contribution in [1.82, 2.24) is 0 Å². The summed E-state index contributed by atoms with van der Waals surface area (Å²) >= 11 is 0. The first-order valence-corrected chi connectivity index (χ1v) is 7.08. The molecular formula is C15H22NP. The molecule has 0 aromatic heterocycles. The van der Waals surface area contributed by atoms with Gasteiger partial charge in [0, 0.05) is 0 Å². The van der Waals surface area contributed by atoms with Gasteiger partial charge in [-0.2, -0.15) is 5.26 Å². The second kappa shape index (κ2) is 7.46. The second-order valence-electron chi connectivity index (χ2n) is 4.63. The van der Waals surface area contributed by atoms with Crippen LogP contribution in [-0.2, 0) is 6.42 Å². The summed E-state index contributed by atoms with van der Waals surface area (Å²) in [7, 11) is 2.76. The Morgan fingerprint density at radius 1 is 1.24 bits per heavy atom. The average Bonchev–Trinajstić information content (AvgIpc) is 2.32. The molecule has 0 radical (unpaired) electrons. The summed E-state index contributed by atoms with van der Waals surface area (Å²) < 4.78 is 0. The van der Waals surface area contributed by atoms with Crippen LogP contribution in [0, 0.1) is 17.2 Å². The van der Waals surface area contributed by atoms with E-state index in [9.17, 15) is 0 Å². The Morgan fingerprint density at radius 3 is 2.41 bits per heavy atom. The van der Waals surface area contributed by atoms with E-state index in [1.165, 1.54) is 36.6 Å². The normalized spacial score (nSPS) is 10.5. The maximum absolute atomic E-state index is 9.16. The van der Waals surface area contributed by atoms with Gasteiger partial charge in [-0.15, -0.1) is 9.24 Å². The summed E-state index contributed by atoms with van der Waals surface area (Å²) in [5.41, 5.74) is 2.07. The largest absolute Gasteiger partial charge is 0.192 e. The third kappa shape index (κ3) is 4.14. The monoisotopic (exact) mass is 247 g/mol. The number of rotatable bonds is 6. The lowest BCUT2D eigenvalue weighted by Crippen LogP contribution is -2.12. The van der Waals surface area contributed by atoms with Crippen LogP contribution >= 0.6 is 9.24 Å². The van der Waals surface area contributed by atoms with E-state index in [1.54, 1.807) is 0 Å². The molecule has 0 aliphatic rings. The number of hydrogen-bond acceptors (Lipinski definition) is 1. The molecule has 0 heterocycles. The Kier molecular flexibility index (Phi) is 6.23. The van der Waals surface area contributed by atoms with Crippen LogP contribution in [0.2, 0.25) is 0 Å². The fourth-order valence-corrected chi connectivity index (χ4v) is 2.78. The topological polar surface area (TPSA) is 23.8 Å². The highest BCUT2D eigenvalue weighted by Crippen LogP contribution is 2.21. The van der Waals surface area contributed by atoms with Crippen molar-refractivity contribution >= 4 is 14.5 Å². The molecule has 0 aliphatic heterocycles. The summed E-state index contributed by atoms with van der Waals surface area (Å²) in [6, 6.07) is 8.28. The van der Waals surface area contributed by atoms with E-state index in [2.05, 4.69) is 35.2 Å². The van der Waals surface area contributed by atoms with Crippen LogP contribution in [0.3, 0.4) is 0 Å². The lowest BCUT2D eigenvalue weighted by atomic mass is 9.89. The van der Waals surface area contributed by atoms with Gasteiger partial charge in [0.2, 0.25) is 0 Å². The highest BCUT2D eigenvalue weighted by molar-refractivity contribution is 7.27. The first kappa shape index (κ1) is 14.2. The van der Waals surface area contributed by atoms with Crippen molar-refractivity contribution in [3.8, 4) is 6.07 Å². The fraction of sp³-hybridized carbons (Fsp3) is 0.533. The first-order chi connectivity index (χ1) is 8.22. The number of nitriles is 1. The van der Waals surface area contributed by atoms with Gasteiger partial charge in [0.15, 0.2) is 0 Å². The second-order valence-corrected chi connectivity index (χ2v) is 5.25. The Labute approximate surface area is 107 Å². The Bertz CT molecular complexity index is 386. The quantitative estimate of drug-likeness (QED) is 0.701. The Morgan fingerprint density at radius 2 is 1.88 bits per heavy atom. The maximum Gasteiger partial charge on any atom is 0.0994 e. The van der Waals surface area contributed by atoms with Crippen LogP contribution in [0.1, 0.15) is 50.7 Å². The average molecular weight is 247 g/mol. The van der Waals surface area contributed by atoms with Crippen molar-refractivity contribution in [1.29, 1.82) is 5.26 Å². The Hall–Kier alpha value is -0.860. The zero-order valence-corrected chi connectivity index (χ0v) is 12.0. The molecule has 17 heavy (non-hydrogen) atoms.